The number of carboxylic acid groups (broad SMARTS) is 4. The molecule has 1 radical (unpaired) electrons. The molecule has 0 aromatic heterocycles. The summed E-state index contributed by atoms with van der Waals surface area (Å²) in [6.45, 7) is -2.00. The Morgan fingerprint density at radius 3 is 0.538 bits per heavy atom. The van der Waals surface area contributed by atoms with Gasteiger partial charge in [-0.25, -0.2) is 0 Å². The summed E-state index contributed by atoms with van der Waals surface area (Å²) in [4.78, 5) is 33.0. The monoisotopic (exact) mass is 277 g/mol. The summed E-state index contributed by atoms with van der Waals surface area (Å²) in [6, 6.07) is 0. The minimum Gasteiger partial charge on any atom is -0.554 e. The minimum absolute atomic E-state index is 0. The molecule has 0 atom stereocenters. The van der Waals surface area contributed by atoms with E-state index in [1.807, 2.05) is 0 Å². The summed E-state index contributed by atoms with van der Waals surface area (Å²) >= 11 is 0. The molecule has 0 saturated carbocycles. The van der Waals surface area contributed by atoms with Crippen molar-refractivity contribution >= 4 is 25.9 Å². The SMILES string of the molecule is O=C[O-].O=C[O-].O=C[O-].O=C[O-].[Tc+4]. The van der Waals surface area contributed by atoms with E-state index in [0.29, 0.717) is 0 Å². The molecule has 0 aromatic rings. The first-order valence-corrected chi connectivity index (χ1v) is 1.89. The number of carbonyl (C=O) groups excluding carboxylic acids is 4. The average molecular weight is 278 g/mol. The molecule has 0 bridgehead atoms. The number of hydrogen-bond donors (Lipinski definition) is 0. The second-order valence-corrected chi connectivity index (χ2v) is 0.385. The van der Waals surface area contributed by atoms with Crippen LogP contribution in [0.15, 0.2) is 0 Å². The molecule has 0 fully saturated rings. The van der Waals surface area contributed by atoms with Gasteiger partial charge in [0.25, 0.3) is 0 Å². The molecule has 0 aliphatic heterocycles. The molecule has 0 aromatic carbocycles. The summed E-state index contributed by atoms with van der Waals surface area (Å²) in [7, 11) is 0. The van der Waals surface area contributed by atoms with E-state index in [2.05, 4.69) is 0 Å². The van der Waals surface area contributed by atoms with Gasteiger partial charge in [-0.1, -0.05) is 0 Å². The number of rotatable bonds is 0. The van der Waals surface area contributed by atoms with E-state index < -0.39 is 25.9 Å². The number of carbonyl (C=O) groups is 4. The van der Waals surface area contributed by atoms with Crippen molar-refractivity contribution in [2.45, 2.75) is 0 Å². The summed E-state index contributed by atoms with van der Waals surface area (Å²) in [5.74, 6) is 0. The average Bonchev–Trinajstić information content (AvgIpc) is 1.92. The topological polar surface area (TPSA) is 161 Å². The second-order valence-electron chi connectivity index (χ2n) is 0.385. The Kier molecular flexibility index (Phi) is 345. The third-order valence-electron chi connectivity index (χ3n) is 0. The maximum atomic E-state index is 8.25. The summed E-state index contributed by atoms with van der Waals surface area (Å²) in [5.41, 5.74) is 0. The molecular formula is C4H4O8Tc. The van der Waals surface area contributed by atoms with Crippen LogP contribution in [-0.4, -0.2) is 25.9 Å². The van der Waals surface area contributed by atoms with Crippen LogP contribution in [0.5, 0.6) is 0 Å². The smallest absolute Gasteiger partial charge is 0.554 e. The third kappa shape index (κ3) is 354. The molecule has 0 heterocycles. The summed E-state index contributed by atoms with van der Waals surface area (Å²) in [5, 5.41) is 33.0. The van der Waals surface area contributed by atoms with Crippen molar-refractivity contribution in [3.8, 4) is 0 Å². The molecule has 75 valence electrons. The van der Waals surface area contributed by atoms with E-state index in [9.17, 15) is 0 Å². The minimum atomic E-state index is -0.500. The molecule has 0 rings (SSSR count). The first-order chi connectivity index (χ1) is 5.66. The Labute approximate surface area is 86.2 Å². The summed E-state index contributed by atoms with van der Waals surface area (Å²) < 4.78 is 0. The fourth-order valence-electron chi connectivity index (χ4n) is 0. The molecule has 0 amide bonds. The Balaban J connectivity index is -0.0000000213. The van der Waals surface area contributed by atoms with Crippen molar-refractivity contribution in [2.75, 3.05) is 0 Å². The van der Waals surface area contributed by atoms with Crippen molar-refractivity contribution < 1.29 is 59.7 Å². The summed E-state index contributed by atoms with van der Waals surface area (Å²) in [6.07, 6.45) is 0. The Morgan fingerprint density at radius 1 is 0.538 bits per heavy atom. The Hall–Kier alpha value is -1.47. The van der Waals surface area contributed by atoms with Crippen LogP contribution in [-0.2, 0) is 39.3 Å². The van der Waals surface area contributed by atoms with Crippen LogP contribution in [0.3, 0.4) is 0 Å². The second kappa shape index (κ2) is 149. The predicted molar refractivity (Wildman–Crippen MR) is 24.3 cm³/mol. The Bertz CT molecular complexity index is 70.1. The van der Waals surface area contributed by atoms with Gasteiger partial charge >= 0.3 is 20.1 Å². The van der Waals surface area contributed by atoms with E-state index in [-0.39, 0.29) is 20.1 Å². The van der Waals surface area contributed by atoms with Gasteiger partial charge in [-0.3, -0.25) is 0 Å². The van der Waals surface area contributed by atoms with Crippen LogP contribution in [0.4, 0.5) is 0 Å². The van der Waals surface area contributed by atoms with Gasteiger partial charge in [0.15, 0.2) is 0 Å². The van der Waals surface area contributed by atoms with Gasteiger partial charge in [0.1, 0.15) is 0 Å². The van der Waals surface area contributed by atoms with Crippen molar-refractivity contribution in [2.24, 2.45) is 0 Å². The predicted octanol–water partition coefficient (Wildman–Crippen LogP) is -6.54. The molecule has 0 N–H and O–H groups in total. The van der Waals surface area contributed by atoms with Gasteiger partial charge in [-0.15, -0.1) is 0 Å². The van der Waals surface area contributed by atoms with Crippen LogP contribution in [0.25, 0.3) is 0 Å². The maximum absolute atomic E-state index is 8.25. The largest absolute Gasteiger partial charge is 4.00 e. The van der Waals surface area contributed by atoms with E-state index in [1.165, 1.54) is 0 Å². The zero-order valence-electron chi connectivity index (χ0n) is 5.95. The Morgan fingerprint density at radius 2 is 0.538 bits per heavy atom. The standard InChI is InChI=1S/4CH2O2.Tc/c4*2-1-3;/h4*1H,(H,2,3);/q;;;;+4/p-4. The quantitative estimate of drug-likeness (QED) is 0.395. The molecule has 13 heavy (non-hydrogen) atoms. The van der Waals surface area contributed by atoms with Gasteiger partial charge in [0.05, 0.1) is 0 Å². The molecule has 0 unspecified atom stereocenters. The van der Waals surface area contributed by atoms with Crippen molar-refractivity contribution in [3.05, 3.63) is 0 Å². The molecular weight excluding hydrogens is 274 g/mol. The zero-order valence-corrected chi connectivity index (χ0v) is 7.81. The fraction of sp³-hybridized carbons (Fsp3) is 0. The molecule has 9 heteroatoms. The van der Waals surface area contributed by atoms with Crippen LogP contribution in [0.1, 0.15) is 0 Å². The van der Waals surface area contributed by atoms with Crippen molar-refractivity contribution in [3.63, 3.8) is 0 Å². The van der Waals surface area contributed by atoms with Gasteiger partial charge in [0, 0.05) is 25.9 Å². The molecule has 0 spiro atoms. The van der Waals surface area contributed by atoms with Gasteiger partial charge < -0.3 is 39.6 Å². The van der Waals surface area contributed by atoms with E-state index in [0.717, 1.165) is 0 Å². The first kappa shape index (κ1) is 30.0. The van der Waals surface area contributed by atoms with Crippen molar-refractivity contribution in [1.82, 2.24) is 0 Å². The van der Waals surface area contributed by atoms with E-state index in [4.69, 9.17) is 39.6 Å². The first-order valence-electron chi connectivity index (χ1n) is 1.89. The molecule has 8 nitrogen and oxygen atoms in total. The van der Waals surface area contributed by atoms with Crippen molar-refractivity contribution in [1.29, 1.82) is 0 Å². The van der Waals surface area contributed by atoms with E-state index in [1.54, 1.807) is 0 Å². The molecule has 0 aliphatic carbocycles. The van der Waals surface area contributed by atoms with Crippen LogP contribution in [0.2, 0.25) is 0 Å². The van der Waals surface area contributed by atoms with Crippen LogP contribution in [0, 0.1) is 0 Å². The zero-order chi connectivity index (χ0) is 10.8. The third-order valence-corrected chi connectivity index (χ3v) is 0. The normalized spacial score (nSPS) is 3.69. The van der Waals surface area contributed by atoms with E-state index >= 15 is 0 Å². The van der Waals surface area contributed by atoms with Crippen LogP contribution < -0.4 is 20.4 Å². The maximum Gasteiger partial charge on any atom is 4.00 e. The van der Waals surface area contributed by atoms with Gasteiger partial charge in [0.2, 0.25) is 0 Å². The molecule has 0 saturated heterocycles. The van der Waals surface area contributed by atoms with Gasteiger partial charge in [-0.2, -0.15) is 0 Å². The van der Waals surface area contributed by atoms with Gasteiger partial charge in [-0.05, 0) is 0 Å². The van der Waals surface area contributed by atoms with Crippen LogP contribution >= 0.6 is 0 Å². The molecule has 0 aliphatic rings. The number of hydrogen-bond acceptors (Lipinski definition) is 8. The fourth-order valence-corrected chi connectivity index (χ4v) is 0.